The molecule has 292 valence electrons. The van der Waals surface area contributed by atoms with E-state index in [2.05, 4.69) is 97.9 Å². The quantitative estimate of drug-likeness (QED) is 0.139. The van der Waals surface area contributed by atoms with Gasteiger partial charge in [0, 0.05) is 0 Å². The van der Waals surface area contributed by atoms with Crippen molar-refractivity contribution in [2.45, 2.75) is 171 Å². The van der Waals surface area contributed by atoms with Gasteiger partial charge in [-0.15, -0.1) is 0 Å². The average molecular weight is 815 g/mol. The van der Waals surface area contributed by atoms with Crippen molar-refractivity contribution in [3.8, 4) is 0 Å². The van der Waals surface area contributed by atoms with Gasteiger partial charge in [-0.25, -0.2) is 4.98 Å². The van der Waals surface area contributed by atoms with Crippen molar-refractivity contribution < 1.29 is 54.0 Å². The number of aliphatic imine (C=N–C) groups is 2. The molecule has 0 aliphatic carbocycles. The normalized spacial score (nSPS) is 11.3. The number of unbranched alkanes of at least 4 members (excludes halogenated alkanes) is 6. The zero-order chi connectivity index (χ0) is 34.7. The topological polar surface area (TPSA) is 37.6 Å². The number of aryl methyl sites for hydroxylation is 6. The molecule has 3 nitrogen and oxygen atoms in total. The summed E-state index contributed by atoms with van der Waals surface area (Å²) < 4.78 is 0. The molecule has 0 bridgehead atoms. The summed E-state index contributed by atoms with van der Waals surface area (Å²) in [5.41, 5.74) is 14.8. The van der Waals surface area contributed by atoms with Crippen molar-refractivity contribution in [3.05, 3.63) is 87.2 Å². The number of rotatable bonds is 22. The molecule has 0 atom stereocenters. The van der Waals surface area contributed by atoms with Crippen molar-refractivity contribution in [2.75, 3.05) is 0 Å². The Morgan fingerprint density at radius 1 is 0.462 bits per heavy atom. The van der Waals surface area contributed by atoms with Crippen molar-refractivity contribution in [2.24, 2.45) is 9.98 Å². The number of aromatic nitrogens is 1. The summed E-state index contributed by atoms with van der Waals surface area (Å²) >= 11 is 0. The van der Waals surface area contributed by atoms with Gasteiger partial charge in [-0.05, 0) is 136 Å². The molecule has 0 saturated carbocycles. The monoisotopic (exact) mass is 813 g/mol. The van der Waals surface area contributed by atoms with Gasteiger partial charge in [0.2, 0.25) is 0 Å². The van der Waals surface area contributed by atoms with Crippen LogP contribution in [0.1, 0.15) is 177 Å². The third-order valence-corrected chi connectivity index (χ3v) is 9.54. The number of hydrogen-bond donors (Lipinski definition) is 0. The van der Waals surface area contributed by atoms with E-state index in [4.69, 9.17) is 15.0 Å². The molecule has 0 radical (unpaired) electrons. The molecule has 3 rings (SSSR count). The molecule has 0 fully saturated rings. The maximum absolute atomic E-state index is 5.38. The Kier molecular flexibility index (Phi) is 29.9. The van der Waals surface area contributed by atoms with Crippen LogP contribution in [0.3, 0.4) is 0 Å². The molecule has 1 heterocycles. The van der Waals surface area contributed by atoms with Gasteiger partial charge in [-0.2, -0.15) is 0 Å². The fourth-order valence-corrected chi connectivity index (χ4v) is 6.52. The Morgan fingerprint density at radius 2 is 0.731 bits per heavy atom. The van der Waals surface area contributed by atoms with Crippen LogP contribution in [-0.2, 0) is 55.3 Å². The van der Waals surface area contributed by atoms with Crippen molar-refractivity contribution in [1.82, 2.24) is 4.98 Å². The Balaban J connectivity index is 0. The summed E-state index contributed by atoms with van der Waals surface area (Å²) in [6.45, 7) is 18.0. The van der Waals surface area contributed by atoms with E-state index in [1.807, 2.05) is 0 Å². The minimum Gasteiger partial charge on any atom is -1.00 e. The zero-order valence-electron chi connectivity index (χ0n) is 33.6. The summed E-state index contributed by atoms with van der Waals surface area (Å²) in [6.07, 6.45) is 21.1. The second-order valence-corrected chi connectivity index (χ2v) is 13.9. The van der Waals surface area contributed by atoms with E-state index in [1.54, 1.807) is 0 Å². The first-order valence-corrected chi connectivity index (χ1v) is 19.8. The molecular weight excluding hydrogens is 748 g/mol. The summed E-state index contributed by atoms with van der Waals surface area (Å²) in [4.78, 5) is 16.0. The SMILES string of the molecule is CCCCc1cc(CCCC)c(N=C(C)c2cccc(C(C)=Nc3c(CCCC)cc(CCCC)cc3CCCC)n2)c(CCCC)c1.[Cl-].[Cl-].[Cl-].[Co+3]. The first kappa shape index (κ1) is 52.4. The average Bonchev–Trinajstić information content (AvgIpc) is 3.10. The van der Waals surface area contributed by atoms with Gasteiger partial charge < -0.3 is 37.2 Å². The number of halogens is 3. The van der Waals surface area contributed by atoms with Gasteiger partial charge in [-0.3, -0.25) is 9.98 Å². The molecule has 0 unspecified atom stereocenters. The Hall–Kier alpha value is -1.69. The largest absolute Gasteiger partial charge is 3.00 e. The second kappa shape index (κ2) is 29.6. The molecule has 1 aromatic heterocycles. The number of benzene rings is 2. The Morgan fingerprint density at radius 3 is 1.00 bits per heavy atom. The van der Waals surface area contributed by atoms with Crippen LogP contribution in [0.5, 0.6) is 0 Å². The van der Waals surface area contributed by atoms with E-state index in [-0.39, 0.29) is 54.0 Å². The Bertz CT molecular complexity index is 1320. The third-order valence-electron chi connectivity index (χ3n) is 9.54. The van der Waals surface area contributed by atoms with E-state index >= 15 is 0 Å². The molecule has 0 aliphatic heterocycles. The van der Waals surface area contributed by atoms with E-state index in [9.17, 15) is 0 Å². The van der Waals surface area contributed by atoms with Crippen molar-refractivity contribution in [3.63, 3.8) is 0 Å². The van der Waals surface area contributed by atoms with Crippen LogP contribution >= 0.6 is 0 Å². The Labute approximate surface area is 348 Å². The van der Waals surface area contributed by atoms with E-state index in [1.165, 1.54) is 122 Å². The van der Waals surface area contributed by atoms with Gasteiger partial charge >= 0.3 is 16.8 Å². The van der Waals surface area contributed by atoms with Crippen molar-refractivity contribution >= 4 is 22.8 Å². The van der Waals surface area contributed by atoms with Crippen LogP contribution < -0.4 is 37.2 Å². The van der Waals surface area contributed by atoms with Crippen LogP contribution in [0.2, 0.25) is 0 Å². The first-order chi connectivity index (χ1) is 23.4. The van der Waals surface area contributed by atoms with E-state index in [0.29, 0.717) is 0 Å². The van der Waals surface area contributed by atoms with Crippen LogP contribution in [0, 0.1) is 0 Å². The standard InChI is InChI=1S/C45H67N3.3ClH.Co/c1-9-15-22-36-30-38(24-17-11-3)44(39(31-36)25-18-12-4)46-34(7)42-28-21-29-43(48-42)35(8)47-45-40(26-19-13-5)32-37(23-16-10-2)33-41(45)27-20-14-6;;;;/h21,28-33H,9-20,22-27H2,1-8H3;3*1H;/q;;;;+3/p-3. The van der Waals surface area contributed by atoms with Gasteiger partial charge in [0.05, 0.1) is 34.2 Å². The van der Waals surface area contributed by atoms with Crippen LogP contribution in [-0.4, -0.2) is 16.4 Å². The predicted octanol–water partition coefficient (Wildman–Crippen LogP) is 4.43. The van der Waals surface area contributed by atoms with Gasteiger partial charge in [-0.1, -0.05) is 110 Å². The van der Waals surface area contributed by atoms with Crippen molar-refractivity contribution in [1.29, 1.82) is 0 Å². The first-order valence-electron chi connectivity index (χ1n) is 19.8. The molecule has 0 amide bonds. The minimum absolute atomic E-state index is 0. The number of hydrogen-bond acceptors (Lipinski definition) is 3. The fourth-order valence-electron chi connectivity index (χ4n) is 6.52. The summed E-state index contributed by atoms with van der Waals surface area (Å²) in [5.74, 6) is 0. The summed E-state index contributed by atoms with van der Waals surface area (Å²) in [7, 11) is 0. The molecule has 2 aromatic carbocycles. The number of pyridine rings is 1. The summed E-state index contributed by atoms with van der Waals surface area (Å²) in [5, 5.41) is 0. The second-order valence-electron chi connectivity index (χ2n) is 13.9. The maximum atomic E-state index is 5.38. The molecular formula is C45H67Cl3CoN3. The van der Waals surface area contributed by atoms with Crippen LogP contribution in [0.4, 0.5) is 11.4 Å². The molecule has 52 heavy (non-hydrogen) atoms. The van der Waals surface area contributed by atoms with Gasteiger partial charge in [0.15, 0.2) is 0 Å². The van der Waals surface area contributed by atoms with Crippen LogP contribution in [0.15, 0.2) is 52.4 Å². The third kappa shape index (κ3) is 16.8. The smallest absolute Gasteiger partial charge is 1.00 e. The minimum atomic E-state index is 0. The van der Waals surface area contributed by atoms with Gasteiger partial charge in [0.1, 0.15) is 0 Å². The zero-order valence-corrected chi connectivity index (χ0v) is 36.9. The van der Waals surface area contributed by atoms with Gasteiger partial charge in [0.25, 0.3) is 0 Å². The van der Waals surface area contributed by atoms with E-state index in [0.717, 1.165) is 61.3 Å². The maximum Gasteiger partial charge on any atom is 3.00 e. The summed E-state index contributed by atoms with van der Waals surface area (Å²) in [6, 6.07) is 16.2. The fraction of sp³-hybridized carbons (Fsp3) is 0.578. The van der Waals surface area contributed by atoms with E-state index < -0.39 is 0 Å². The number of nitrogens with zero attached hydrogens (tertiary/aromatic N) is 3. The molecule has 7 heteroatoms. The molecule has 0 saturated heterocycles. The van der Waals surface area contributed by atoms with Crippen LogP contribution in [0.25, 0.3) is 0 Å². The molecule has 0 aliphatic rings. The molecule has 0 spiro atoms. The predicted molar refractivity (Wildman–Crippen MR) is 213 cm³/mol. The molecule has 3 aromatic rings. The molecule has 0 N–H and O–H groups in total.